The van der Waals surface area contributed by atoms with Gasteiger partial charge in [-0.1, -0.05) is 129 Å². The molecule has 6 heteroatoms. The van der Waals surface area contributed by atoms with Crippen LogP contribution in [0, 0.1) is 0 Å². The van der Waals surface area contributed by atoms with E-state index < -0.39 is 16.6 Å². The molecule has 44 heavy (non-hydrogen) atoms. The summed E-state index contributed by atoms with van der Waals surface area (Å²) in [6.07, 6.45) is 7.55. The maximum absolute atomic E-state index is 9.77. The fourth-order valence-electron chi connectivity index (χ4n) is 7.75. The first-order valence-corrected chi connectivity index (χ1v) is 21.3. The second-order valence-electron chi connectivity index (χ2n) is 15.0. The molecule has 0 bridgehead atoms. The number of allylic oxidation sites excluding steroid dienone is 1. The van der Waals surface area contributed by atoms with Crippen LogP contribution in [0.1, 0.15) is 108 Å². The lowest BCUT2D eigenvalue weighted by atomic mass is 10.0. The highest BCUT2D eigenvalue weighted by molar-refractivity contribution is 6.99. The van der Waals surface area contributed by atoms with Gasteiger partial charge in [0.25, 0.3) is 8.32 Å². The van der Waals surface area contributed by atoms with Crippen molar-refractivity contribution in [2.24, 2.45) is 0 Å². The number of hydrogen-bond acceptors (Lipinski definition) is 4. The SMILES string of the molecule is CC(C)[Si](O[C@H]1C=C(CCCC[C@@H](C)O)O[C@H](CCO[Si](c2ccccc2)(c2ccccc2)C(C)(C)C)C1)(C(C)C)C(C)C. The first-order chi connectivity index (χ1) is 20.7. The lowest BCUT2D eigenvalue weighted by Crippen LogP contribution is -2.66. The Morgan fingerprint density at radius 1 is 0.818 bits per heavy atom. The van der Waals surface area contributed by atoms with E-state index in [0.29, 0.717) is 23.2 Å². The lowest BCUT2D eigenvalue weighted by molar-refractivity contribution is 0.0280. The van der Waals surface area contributed by atoms with Crippen LogP contribution >= 0.6 is 0 Å². The Morgan fingerprint density at radius 2 is 1.34 bits per heavy atom. The number of ether oxygens (including phenoxy) is 1. The monoisotopic (exact) mass is 638 g/mol. The van der Waals surface area contributed by atoms with Gasteiger partial charge in [-0.3, -0.25) is 0 Å². The van der Waals surface area contributed by atoms with Crippen LogP contribution in [-0.4, -0.2) is 46.7 Å². The van der Waals surface area contributed by atoms with Gasteiger partial charge in [-0.25, -0.2) is 0 Å². The molecule has 0 amide bonds. The zero-order valence-electron chi connectivity index (χ0n) is 29.4. The molecule has 1 N–H and O–H groups in total. The third kappa shape index (κ3) is 8.76. The van der Waals surface area contributed by atoms with Crippen LogP contribution in [0.4, 0.5) is 0 Å². The van der Waals surface area contributed by atoms with Gasteiger partial charge in [0.05, 0.1) is 18.0 Å². The van der Waals surface area contributed by atoms with Gasteiger partial charge in [-0.05, 0) is 57.9 Å². The Kier molecular flexibility index (Phi) is 13.5. The molecule has 0 fully saturated rings. The number of aliphatic hydroxyl groups excluding tert-OH is 1. The third-order valence-electron chi connectivity index (χ3n) is 9.72. The van der Waals surface area contributed by atoms with Gasteiger partial charge >= 0.3 is 0 Å². The minimum absolute atomic E-state index is 0.0492. The van der Waals surface area contributed by atoms with Crippen molar-refractivity contribution in [1.82, 2.24) is 0 Å². The standard InChI is InChI=1S/C38H62O4Si2/c1-29(2)43(30(3)4,31(5)6)42-35-27-33(20-18-17-19-32(7)39)41-34(28-35)25-26-40-44(38(8,9)10,36-21-13-11-14-22-36)37-23-15-12-16-24-37/h11-16,21-24,27,29-32,34-35,39H,17-20,25-26,28H2,1-10H3/t32-,34-,35+/m1/s1. The molecule has 246 valence electrons. The Bertz CT molecular complexity index is 1080. The summed E-state index contributed by atoms with van der Waals surface area (Å²) in [6.45, 7) is 23.7. The van der Waals surface area contributed by atoms with Crippen LogP contribution < -0.4 is 10.4 Å². The van der Waals surface area contributed by atoms with E-state index >= 15 is 0 Å². The molecular formula is C38H62O4Si2. The minimum atomic E-state index is -2.61. The van der Waals surface area contributed by atoms with Crippen LogP contribution in [0.3, 0.4) is 0 Å². The molecule has 0 spiro atoms. The summed E-state index contributed by atoms with van der Waals surface area (Å²) in [5.74, 6) is 1.06. The number of hydrogen-bond donors (Lipinski definition) is 1. The summed E-state index contributed by atoms with van der Waals surface area (Å²) in [5, 5.41) is 12.3. The van der Waals surface area contributed by atoms with Crippen LogP contribution in [0.5, 0.6) is 0 Å². The van der Waals surface area contributed by atoms with Gasteiger partial charge in [-0.2, -0.15) is 0 Å². The van der Waals surface area contributed by atoms with Gasteiger partial charge in [0.15, 0.2) is 0 Å². The van der Waals surface area contributed by atoms with E-state index in [-0.39, 0.29) is 23.4 Å². The van der Waals surface area contributed by atoms with Crippen LogP contribution in [-0.2, 0) is 13.6 Å². The van der Waals surface area contributed by atoms with Gasteiger partial charge < -0.3 is 18.7 Å². The van der Waals surface area contributed by atoms with E-state index in [0.717, 1.165) is 44.3 Å². The van der Waals surface area contributed by atoms with Gasteiger partial charge in [0, 0.05) is 25.9 Å². The highest BCUT2D eigenvalue weighted by atomic mass is 28.4. The van der Waals surface area contributed by atoms with Crippen molar-refractivity contribution in [2.75, 3.05) is 6.61 Å². The zero-order valence-corrected chi connectivity index (χ0v) is 31.4. The van der Waals surface area contributed by atoms with Crippen molar-refractivity contribution in [3.63, 3.8) is 0 Å². The normalized spacial score (nSPS) is 18.9. The molecule has 0 aromatic heterocycles. The summed E-state index contributed by atoms with van der Waals surface area (Å²) >= 11 is 0. The fourth-order valence-corrected chi connectivity index (χ4v) is 17.8. The van der Waals surface area contributed by atoms with E-state index in [1.807, 2.05) is 6.92 Å². The van der Waals surface area contributed by atoms with E-state index in [1.54, 1.807) is 0 Å². The van der Waals surface area contributed by atoms with Crippen LogP contribution in [0.25, 0.3) is 0 Å². The fraction of sp³-hybridized carbons (Fsp3) is 0.632. The highest BCUT2D eigenvalue weighted by Gasteiger charge is 2.50. The number of benzene rings is 2. The molecule has 3 rings (SSSR count). The average molecular weight is 639 g/mol. The summed E-state index contributed by atoms with van der Waals surface area (Å²) in [4.78, 5) is 0. The van der Waals surface area contributed by atoms with E-state index in [4.69, 9.17) is 13.6 Å². The first-order valence-electron chi connectivity index (χ1n) is 17.2. The van der Waals surface area contributed by atoms with Crippen molar-refractivity contribution in [3.05, 3.63) is 72.5 Å². The molecule has 0 aliphatic carbocycles. The molecule has 1 heterocycles. The van der Waals surface area contributed by atoms with Crippen LogP contribution in [0.2, 0.25) is 21.7 Å². The van der Waals surface area contributed by atoms with Crippen molar-refractivity contribution in [3.8, 4) is 0 Å². The quantitative estimate of drug-likeness (QED) is 0.147. The highest BCUT2D eigenvalue weighted by Crippen LogP contribution is 2.44. The topological polar surface area (TPSA) is 47.9 Å². The summed E-state index contributed by atoms with van der Waals surface area (Å²) in [5.41, 5.74) is 1.60. The maximum Gasteiger partial charge on any atom is 0.261 e. The largest absolute Gasteiger partial charge is 0.495 e. The molecule has 1 aliphatic heterocycles. The summed E-state index contributed by atoms with van der Waals surface area (Å²) in [6, 6.07) is 21.8. The van der Waals surface area contributed by atoms with E-state index in [1.165, 1.54) is 10.4 Å². The average Bonchev–Trinajstić information content (AvgIpc) is 2.96. The molecule has 2 aromatic carbocycles. The molecule has 1 aliphatic rings. The van der Waals surface area contributed by atoms with Crippen molar-refractivity contribution < 1.29 is 18.7 Å². The summed E-state index contributed by atoms with van der Waals surface area (Å²) < 4.78 is 21.3. The van der Waals surface area contributed by atoms with Crippen molar-refractivity contribution in [2.45, 2.75) is 148 Å². The zero-order chi connectivity index (χ0) is 32.5. The molecule has 0 radical (unpaired) electrons. The molecule has 3 atom stereocenters. The van der Waals surface area contributed by atoms with Crippen molar-refractivity contribution >= 4 is 27.0 Å². The summed E-state index contributed by atoms with van der Waals surface area (Å²) in [7, 11) is -4.66. The third-order valence-corrected chi connectivity index (χ3v) is 20.9. The maximum atomic E-state index is 9.77. The Labute approximate surface area is 271 Å². The second-order valence-corrected chi connectivity index (χ2v) is 24.7. The van der Waals surface area contributed by atoms with Gasteiger partial charge in [0.1, 0.15) is 6.10 Å². The Hall–Kier alpha value is -1.71. The number of unbranched alkanes of at least 4 members (excludes halogenated alkanes) is 1. The predicted octanol–water partition coefficient (Wildman–Crippen LogP) is 9.13. The molecule has 4 nitrogen and oxygen atoms in total. The smallest absolute Gasteiger partial charge is 0.261 e. The Morgan fingerprint density at radius 3 is 1.80 bits per heavy atom. The second kappa shape index (κ2) is 16.2. The van der Waals surface area contributed by atoms with Gasteiger partial charge in [-0.15, -0.1) is 0 Å². The van der Waals surface area contributed by atoms with Crippen molar-refractivity contribution in [1.29, 1.82) is 0 Å². The number of rotatable bonds is 16. The van der Waals surface area contributed by atoms with E-state index in [2.05, 4.69) is 129 Å². The molecule has 0 saturated carbocycles. The number of aliphatic hydroxyl groups is 1. The molecule has 2 aromatic rings. The van der Waals surface area contributed by atoms with Crippen LogP contribution in [0.15, 0.2) is 72.5 Å². The Balaban J connectivity index is 1.87. The molecule has 0 unspecified atom stereocenters. The predicted molar refractivity (Wildman–Crippen MR) is 192 cm³/mol. The minimum Gasteiger partial charge on any atom is -0.495 e. The molecular weight excluding hydrogens is 577 g/mol. The first kappa shape index (κ1) is 36.8. The molecule has 0 saturated heterocycles. The van der Waals surface area contributed by atoms with Gasteiger partial charge in [0.2, 0.25) is 8.32 Å². The van der Waals surface area contributed by atoms with E-state index in [9.17, 15) is 5.11 Å². The lowest BCUT2D eigenvalue weighted by Gasteiger charge is -2.46.